The number of piperidine rings is 1. The Hall–Kier alpha value is -1.10. The van der Waals surface area contributed by atoms with E-state index in [2.05, 4.69) is 11.8 Å². The average molecular weight is 298 g/mol. The molecular formula is C16H30N2O3. The van der Waals surface area contributed by atoms with Crippen LogP contribution in [0.15, 0.2) is 0 Å². The predicted molar refractivity (Wildman–Crippen MR) is 83.0 cm³/mol. The Morgan fingerprint density at radius 2 is 1.90 bits per heavy atom. The Balaban J connectivity index is 2.11. The fraction of sp³-hybridized carbons (Fsp3) is 0.875. The minimum Gasteiger partial charge on any atom is -0.465 e. The standard InChI is InChI=1S/C16H30N2O3/c1-4-15(19)18(5-2)9-6-12-21-16(20)13-17-10-7-14(3)8-11-17/h14H,4-13H2,1-3H3. The molecule has 1 fully saturated rings. The van der Waals surface area contributed by atoms with Crippen molar-refractivity contribution in [2.75, 3.05) is 39.3 Å². The molecule has 1 aliphatic heterocycles. The Labute approximate surface area is 128 Å². The zero-order valence-corrected chi connectivity index (χ0v) is 13.8. The van der Waals surface area contributed by atoms with Crippen LogP contribution in [0.5, 0.6) is 0 Å². The molecule has 0 aromatic carbocycles. The Bertz CT molecular complexity index is 325. The van der Waals surface area contributed by atoms with Gasteiger partial charge in [0.2, 0.25) is 5.91 Å². The Morgan fingerprint density at radius 3 is 2.48 bits per heavy atom. The molecule has 0 atom stereocenters. The van der Waals surface area contributed by atoms with Crippen LogP contribution in [0.3, 0.4) is 0 Å². The summed E-state index contributed by atoms with van der Waals surface area (Å²) in [5.74, 6) is 0.786. The summed E-state index contributed by atoms with van der Waals surface area (Å²) in [5, 5.41) is 0. The van der Waals surface area contributed by atoms with Crippen LogP contribution in [0.1, 0.15) is 46.5 Å². The van der Waals surface area contributed by atoms with Crippen molar-refractivity contribution in [3.05, 3.63) is 0 Å². The molecule has 0 spiro atoms. The van der Waals surface area contributed by atoms with Gasteiger partial charge >= 0.3 is 5.97 Å². The van der Waals surface area contributed by atoms with Crippen LogP contribution in [-0.4, -0.2) is 61.0 Å². The first-order chi connectivity index (χ1) is 10.1. The van der Waals surface area contributed by atoms with E-state index in [-0.39, 0.29) is 11.9 Å². The highest BCUT2D eigenvalue weighted by molar-refractivity contribution is 5.75. The molecule has 0 N–H and O–H groups in total. The van der Waals surface area contributed by atoms with Gasteiger partial charge in [0, 0.05) is 19.5 Å². The number of nitrogens with zero attached hydrogens (tertiary/aromatic N) is 2. The van der Waals surface area contributed by atoms with E-state index in [1.165, 1.54) is 0 Å². The summed E-state index contributed by atoms with van der Waals surface area (Å²) < 4.78 is 5.26. The summed E-state index contributed by atoms with van der Waals surface area (Å²) in [4.78, 5) is 27.3. The minimum atomic E-state index is -0.144. The first-order valence-corrected chi connectivity index (χ1v) is 8.22. The van der Waals surface area contributed by atoms with Gasteiger partial charge in [-0.3, -0.25) is 14.5 Å². The lowest BCUT2D eigenvalue weighted by Crippen LogP contribution is -2.37. The lowest BCUT2D eigenvalue weighted by atomic mass is 9.99. The molecule has 0 saturated carbocycles. The average Bonchev–Trinajstić information content (AvgIpc) is 2.49. The highest BCUT2D eigenvalue weighted by Gasteiger charge is 2.18. The lowest BCUT2D eigenvalue weighted by Gasteiger charge is -2.29. The zero-order chi connectivity index (χ0) is 15.7. The maximum atomic E-state index is 11.8. The maximum absolute atomic E-state index is 11.8. The second-order valence-corrected chi connectivity index (χ2v) is 5.86. The van der Waals surface area contributed by atoms with Gasteiger partial charge < -0.3 is 9.64 Å². The number of hydrogen-bond acceptors (Lipinski definition) is 4. The Kier molecular flexibility index (Phi) is 8.35. The third kappa shape index (κ3) is 6.93. The third-order valence-corrected chi connectivity index (χ3v) is 4.10. The number of ether oxygens (including phenoxy) is 1. The number of carbonyl (C=O) groups is 2. The van der Waals surface area contributed by atoms with Crippen LogP contribution >= 0.6 is 0 Å². The number of esters is 1. The van der Waals surface area contributed by atoms with E-state index in [0.29, 0.717) is 39.1 Å². The second kappa shape index (κ2) is 9.77. The number of hydrogen-bond donors (Lipinski definition) is 0. The fourth-order valence-corrected chi connectivity index (χ4v) is 2.57. The molecule has 122 valence electrons. The van der Waals surface area contributed by atoms with Crippen molar-refractivity contribution in [3.63, 3.8) is 0 Å². The first-order valence-electron chi connectivity index (χ1n) is 8.22. The molecule has 0 aromatic rings. The largest absolute Gasteiger partial charge is 0.465 e. The van der Waals surface area contributed by atoms with E-state index in [1.54, 1.807) is 4.90 Å². The minimum absolute atomic E-state index is 0.144. The van der Waals surface area contributed by atoms with Crippen LogP contribution in [0.4, 0.5) is 0 Å². The van der Waals surface area contributed by atoms with Crippen molar-refractivity contribution < 1.29 is 14.3 Å². The molecule has 1 saturated heterocycles. The van der Waals surface area contributed by atoms with Gasteiger partial charge in [0.1, 0.15) is 0 Å². The van der Waals surface area contributed by atoms with Gasteiger partial charge in [-0.25, -0.2) is 0 Å². The smallest absolute Gasteiger partial charge is 0.320 e. The molecule has 1 aliphatic rings. The fourth-order valence-electron chi connectivity index (χ4n) is 2.57. The number of likely N-dealkylation sites (tertiary alicyclic amines) is 1. The summed E-state index contributed by atoms with van der Waals surface area (Å²) in [7, 11) is 0. The van der Waals surface area contributed by atoms with Crippen molar-refractivity contribution in [2.24, 2.45) is 5.92 Å². The maximum Gasteiger partial charge on any atom is 0.320 e. The predicted octanol–water partition coefficient (Wildman–Crippen LogP) is 1.91. The normalized spacial score (nSPS) is 16.7. The van der Waals surface area contributed by atoms with Crippen LogP contribution < -0.4 is 0 Å². The van der Waals surface area contributed by atoms with E-state index < -0.39 is 0 Å². The van der Waals surface area contributed by atoms with Crippen molar-refractivity contribution in [2.45, 2.75) is 46.5 Å². The topological polar surface area (TPSA) is 49.9 Å². The molecule has 1 heterocycles. The summed E-state index contributed by atoms with van der Waals surface area (Å²) in [6.07, 6.45) is 3.57. The SMILES string of the molecule is CCC(=O)N(CC)CCCOC(=O)CN1CCC(C)CC1. The molecule has 21 heavy (non-hydrogen) atoms. The van der Waals surface area contributed by atoms with Gasteiger partial charge in [-0.05, 0) is 45.2 Å². The summed E-state index contributed by atoms with van der Waals surface area (Å²) in [6.45, 7) is 10.3. The quantitative estimate of drug-likeness (QED) is 0.507. The van der Waals surface area contributed by atoms with Gasteiger partial charge in [0.25, 0.3) is 0 Å². The highest BCUT2D eigenvalue weighted by atomic mass is 16.5. The second-order valence-electron chi connectivity index (χ2n) is 5.86. The van der Waals surface area contributed by atoms with Crippen LogP contribution in [0.25, 0.3) is 0 Å². The molecule has 1 amide bonds. The molecular weight excluding hydrogens is 268 g/mol. The first kappa shape index (κ1) is 18.0. The number of amides is 1. The molecule has 1 rings (SSSR count). The molecule has 0 radical (unpaired) electrons. The summed E-state index contributed by atoms with van der Waals surface area (Å²) in [5.41, 5.74) is 0. The van der Waals surface area contributed by atoms with Crippen LogP contribution in [-0.2, 0) is 14.3 Å². The van der Waals surface area contributed by atoms with E-state index in [4.69, 9.17) is 4.74 Å². The molecule has 0 unspecified atom stereocenters. The Morgan fingerprint density at radius 1 is 1.24 bits per heavy atom. The van der Waals surface area contributed by atoms with Crippen LogP contribution in [0, 0.1) is 5.92 Å². The van der Waals surface area contributed by atoms with Gasteiger partial charge in [-0.2, -0.15) is 0 Å². The van der Waals surface area contributed by atoms with Gasteiger partial charge in [0.15, 0.2) is 0 Å². The molecule has 0 aromatic heterocycles. The van der Waals surface area contributed by atoms with E-state index >= 15 is 0 Å². The monoisotopic (exact) mass is 298 g/mol. The van der Waals surface area contributed by atoms with Crippen molar-refractivity contribution in [1.82, 2.24) is 9.80 Å². The third-order valence-electron chi connectivity index (χ3n) is 4.10. The van der Waals surface area contributed by atoms with Crippen LogP contribution in [0.2, 0.25) is 0 Å². The lowest BCUT2D eigenvalue weighted by molar-refractivity contribution is -0.145. The van der Waals surface area contributed by atoms with Gasteiger partial charge in [0.05, 0.1) is 13.2 Å². The molecule has 0 bridgehead atoms. The number of rotatable bonds is 8. The van der Waals surface area contributed by atoms with E-state index in [9.17, 15) is 9.59 Å². The van der Waals surface area contributed by atoms with Crippen molar-refractivity contribution in [1.29, 1.82) is 0 Å². The van der Waals surface area contributed by atoms with Gasteiger partial charge in [-0.1, -0.05) is 13.8 Å². The molecule has 5 heteroatoms. The van der Waals surface area contributed by atoms with Crippen molar-refractivity contribution >= 4 is 11.9 Å². The molecule has 0 aliphatic carbocycles. The molecule has 5 nitrogen and oxygen atoms in total. The number of carbonyl (C=O) groups excluding carboxylic acids is 2. The van der Waals surface area contributed by atoms with Crippen molar-refractivity contribution in [3.8, 4) is 0 Å². The summed E-state index contributed by atoms with van der Waals surface area (Å²) in [6, 6.07) is 0. The highest BCUT2D eigenvalue weighted by Crippen LogP contribution is 2.15. The van der Waals surface area contributed by atoms with E-state index in [1.807, 2.05) is 13.8 Å². The zero-order valence-electron chi connectivity index (χ0n) is 13.8. The van der Waals surface area contributed by atoms with Gasteiger partial charge in [-0.15, -0.1) is 0 Å². The van der Waals surface area contributed by atoms with E-state index in [0.717, 1.165) is 31.8 Å². The summed E-state index contributed by atoms with van der Waals surface area (Å²) >= 11 is 0.